The molecular weight excluding hydrogens is 244 g/mol. The maximum Gasteiger partial charge on any atom is 0.270 e. The van der Waals surface area contributed by atoms with Gasteiger partial charge >= 0.3 is 0 Å². The standard InChI is InChI=1S/C12H12N6O/c1-18-16-12(15-17-18)14-11(19)6-8-7-13-10-5-3-2-4-9(8)10/h2-5,7,13H,6H2,1H3,(H,14,16,19). The van der Waals surface area contributed by atoms with Gasteiger partial charge in [0.25, 0.3) is 5.95 Å². The number of H-pyrrole nitrogens is 1. The van der Waals surface area contributed by atoms with Crippen LogP contribution in [0.15, 0.2) is 30.5 Å². The van der Waals surface area contributed by atoms with Crippen LogP contribution in [0.5, 0.6) is 0 Å². The van der Waals surface area contributed by atoms with Gasteiger partial charge < -0.3 is 4.98 Å². The van der Waals surface area contributed by atoms with Crippen molar-refractivity contribution in [2.45, 2.75) is 6.42 Å². The highest BCUT2D eigenvalue weighted by atomic mass is 16.1. The molecular formula is C12H12N6O. The summed E-state index contributed by atoms with van der Waals surface area (Å²) in [7, 11) is 1.64. The predicted molar refractivity (Wildman–Crippen MR) is 69.4 cm³/mol. The van der Waals surface area contributed by atoms with Crippen molar-refractivity contribution in [2.24, 2.45) is 7.05 Å². The van der Waals surface area contributed by atoms with Crippen LogP contribution in [0.4, 0.5) is 5.95 Å². The molecule has 0 aliphatic rings. The number of tetrazole rings is 1. The van der Waals surface area contributed by atoms with Crippen LogP contribution in [0.3, 0.4) is 0 Å². The molecule has 0 atom stereocenters. The summed E-state index contributed by atoms with van der Waals surface area (Å²) in [5, 5.41) is 14.9. The Bertz CT molecular complexity index is 728. The molecule has 1 amide bonds. The molecule has 0 radical (unpaired) electrons. The smallest absolute Gasteiger partial charge is 0.270 e. The average molecular weight is 256 g/mol. The SMILES string of the molecule is Cn1nnc(NC(=O)Cc2c[nH]c3ccccc23)n1. The molecule has 7 heteroatoms. The first kappa shape index (κ1) is 11.4. The molecule has 19 heavy (non-hydrogen) atoms. The van der Waals surface area contributed by atoms with Crippen LogP contribution < -0.4 is 5.32 Å². The minimum Gasteiger partial charge on any atom is -0.361 e. The van der Waals surface area contributed by atoms with Crippen molar-refractivity contribution in [3.05, 3.63) is 36.0 Å². The van der Waals surface area contributed by atoms with E-state index in [0.29, 0.717) is 0 Å². The topological polar surface area (TPSA) is 88.5 Å². The Morgan fingerprint density at radius 2 is 2.26 bits per heavy atom. The van der Waals surface area contributed by atoms with E-state index in [0.717, 1.165) is 16.5 Å². The quantitative estimate of drug-likeness (QED) is 0.727. The van der Waals surface area contributed by atoms with Gasteiger partial charge in [0, 0.05) is 17.1 Å². The summed E-state index contributed by atoms with van der Waals surface area (Å²) < 4.78 is 0. The van der Waals surface area contributed by atoms with E-state index in [2.05, 4.69) is 25.7 Å². The highest BCUT2D eigenvalue weighted by Gasteiger charge is 2.10. The van der Waals surface area contributed by atoms with E-state index in [1.807, 2.05) is 30.5 Å². The molecule has 0 bridgehead atoms. The van der Waals surface area contributed by atoms with Crippen LogP contribution >= 0.6 is 0 Å². The maximum atomic E-state index is 11.9. The zero-order chi connectivity index (χ0) is 13.2. The number of hydrogen-bond acceptors (Lipinski definition) is 4. The molecule has 2 aromatic heterocycles. The van der Waals surface area contributed by atoms with E-state index >= 15 is 0 Å². The monoisotopic (exact) mass is 256 g/mol. The van der Waals surface area contributed by atoms with Crippen molar-refractivity contribution in [1.29, 1.82) is 0 Å². The number of benzene rings is 1. The summed E-state index contributed by atoms with van der Waals surface area (Å²) in [5.41, 5.74) is 1.96. The molecule has 3 rings (SSSR count). The number of carbonyl (C=O) groups is 1. The molecule has 0 spiro atoms. The van der Waals surface area contributed by atoms with Gasteiger partial charge in [-0.25, -0.2) is 0 Å². The number of aryl methyl sites for hydroxylation is 1. The molecule has 0 saturated carbocycles. The van der Waals surface area contributed by atoms with Gasteiger partial charge in [-0.2, -0.15) is 4.80 Å². The van der Waals surface area contributed by atoms with Crippen LogP contribution in [0.2, 0.25) is 0 Å². The normalized spacial score (nSPS) is 10.8. The number of anilines is 1. The van der Waals surface area contributed by atoms with Gasteiger partial charge in [-0.15, -0.1) is 5.10 Å². The van der Waals surface area contributed by atoms with Crippen LogP contribution in [0.1, 0.15) is 5.56 Å². The molecule has 7 nitrogen and oxygen atoms in total. The van der Waals surface area contributed by atoms with E-state index in [9.17, 15) is 4.79 Å². The largest absolute Gasteiger partial charge is 0.361 e. The minimum absolute atomic E-state index is 0.169. The zero-order valence-corrected chi connectivity index (χ0v) is 10.3. The van der Waals surface area contributed by atoms with Gasteiger partial charge in [0.1, 0.15) is 0 Å². The summed E-state index contributed by atoms with van der Waals surface area (Å²) in [6.07, 6.45) is 2.11. The lowest BCUT2D eigenvalue weighted by Crippen LogP contribution is -2.15. The Hall–Kier alpha value is -2.70. The lowest BCUT2D eigenvalue weighted by Gasteiger charge is -1.99. The lowest BCUT2D eigenvalue weighted by molar-refractivity contribution is -0.115. The second kappa shape index (κ2) is 4.52. The maximum absolute atomic E-state index is 11.9. The van der Waals surface area contributed by atoms with E-state index in [1.54, 1.807) is 7.05 Å². The molecule has 0 fully saturated rings. The van der Waals surface area contributed by atoms with Crippen molar-refractivity contribution in [3.63, 3.8) is 0 Å². The zero-order valence-electron chi connectivity index (χ0n) is 10.3. The Morgan fingerprint density at radius 3 is 3.05 bits per heavy atom. The van der Waals surface area contributed by atoms with Crippen molar-refractivity contribution in [3.8, 4) is 0 Å². The molecule has 2 N–H and O–H groups in total. The lowest BCUT2D eigenvalue weighted by atomic mass is 10.1. The number of aromatic nitrogens is 5. The summed E-state index contributed by atoms with van der Waals surface area (Å²) in [6.45, 7) is 0. The molecule has 0 aliphatic carbocycles. The summed E-state index contributed by atoms with van der Waals surface area (Å²) in [4.78, 5) is 16.3. The number of para-hydroxylation sites is 1. The van der Waals surface area contributed by atoms with Crippen molar-refractivity contribution >= 4 is 22.8 Å². The van der Waals surface area contributed by atoms with E-state index in [1.165, 1.54) is 4.80 Å². The highest BCUT2D eigenvalue weighted by Crippen LogP contribution is 2.18. The van der Waals surface area contributed by atoms with Crippen LogP contribution in [-0.4, -0.2) is 31.1 Å². The third-order valence-electron chi connectivity index (χ3n) is 2.79. The second-order valence-corrected chi connectivity index (χ2v) is 4.19. The number of rotatable bonds is 3. The third kappa shape index (κ3) is 2.30. The number of amides is 1. The molecule has 0 unspecified atom stereocenters. The minimum atomic E-state index is -0.169. The number of aromatic amines is 1. The van der Waals surface area contributed by atoms with Gasteiger partial charge in [0.2, 0.25) is 5.91 Å². The van der Waals surface area contributed by atoms with Crippen LogP contribution in [-0.2, 0) is 18.3 Å². The second-order valence-electron chi connectivity index (χ2n) is 4.19. The molecule has 1 aromatic carbocycles. The Labute approximate surface area is 108 Å². The number of carbonyl (C=O) groups excluding carboxylic acids is 1. The van der Waals surface area contributed by atoms with Crippen molar-refractivity contribution in [2.75, 3.05) is 5.32 Å². The number of hydrogen-bond donors (Lipinski definition) is 2. The first-order valence-corrected chi connectivity index (χ1v) is 5.81. The van der Waals surface area contributed by atoms with Gasteiger partial charge in [-0.05, 0) is 16.8 Å². The fraction of sp³-hybridized carbons (Fsp3) is 0.167. The van der Waals surface area contributed by atoms with Crippen molar-refractivity contribution < 1.29 is 4.79 Å². The van der Waals surface area contributed by atoms with E-state index in [4.69, 9.17) is 0 Å². The fourth-order valence-corrected chi connectivity index (χ4v) is 1.95. The molecule has 3 aromatic rings. The summed E-state index contributed by atoms with van der Waals surface area (Å²) >= 11 is 0. The van der Waals surface area contributed by atoms with Gasteiger partial charge in [0.05, 0.1) is 13.5 Å². The van der Waals surface area contributed by atoms with Crippen molar-refractivity contribution in [1.82, 2.24) is 25.2 Å². The molecule has 96 valence electrons. The van der Waals surface area contributed by atoms with Gasteiger partial charge in [-0.3, -0.25) is 10.1 Å². The fourth-order valence-electron chi connectivity index (χ4n) is 1.95. The van der Waals surface area contributed by atoms with Crippen LogP contribution in [0, 0.1) is 0 Å². The van der Waals surface area contributed by atoms with Crippen LogP contribution in [0.25, 0.3) is 10.9 Å². The van der Waals surface area contributed by atoms with E-state index in [-0.39, 0.29) is 18.3 Å². The average Bonchev–Trinajstić information content (AvgIpc) is 2.97. The summed E-state index contributed by atoms with van der Waals surface area (Å²) in [6, 6.07) is 7.85. The molecule has 2 heterocycles. The number of nitrogens with zero attached hydrogens (tertiary/aromatic N) is 4. The van der Waals surface area contributed by atoms with Gasteiger partial charge in [-0.1, -0.05) is 23.3 Å². The number of nitrogens with one attached hydrogen (secondary N) is 2. The third-order valence-corrected chi connectivity index (χ3v) is 2.79. The first-order chi connectivity index (χ1) is 9.22. The number of fused-ring (bicyclic) bond motifs is 1. The Kier molecular flexibility index (Phi) is 2.71. The Morgan fingerprint density at radius 1 is 1.42 bits per heavy atom. The first-order valence-electron chi connectivity index (χ1n) is 5.81. The predicted octanol–water partition coefficient (Wildman–Crippen LogP) is 0.873. The van der Waals surface area contributed by atoms with Gasteiger partial charge in [0.15, 0.2) is 0 Å². The summed E-state index contributed by atoms with van der Waals surface area (Å²) in [5.74, 6) is 0.0464. The van der Waals surface area contributed by atoms with E-state index < -0.39 is 0 Å². The molecule has 0 saturated heterocycles. The highest BCUT2D eigenvalue weighted by molar-refractivity contribution is 5.94. The molecule has 0 aliphatic heterocycles. The Balaban J connectivity index is 1.76.